The number of halogens is 1. The molecule has 129 valence electrons. The van der Waals surface area contributed by atoms with E-state index in [4.69, 9.17) is 0 Å². The first-order chi connectivity index (χ1) is 11.8. The zero-order chi connectivity index (χ0) is 15.9. The molecule has 0 unspecified atom stereocenters. The molecule has 26 heavy (non-hydrogen) atoms. The summed E-state index contributed by atoms with van der Waals surface area (Å²) in [6, 6.07) is 16.4. The summed E-state index contributed by atoms with van der Waals surface area (Å²) < 4.78 is 0. The van der Waals surface area contributed by atoms with E-state index in [0.717, 1.165) is 44.8 Å². The summed E-state index contributed by atoms with van der Waals surface area (Å²) in [5.41, 5.74) is 7.86. The largest absolute Gasteiger partial charge is 0.355 e. The van der Waals surface area contributed by atoms with Gasteiger partial charge in [-0.15, -0.1) is 12.4 Å². The van der Waals surface area contributed by atoms with Crippen LogP contribution in [0, 0.1) is 0 Å². The number of hydrogen-bond acceptors (Lipinski definition) is 2. The van der Waals surface area contributed by atoms with E-state index in [1.54, 1.807) is 0 Å². The zero-order valence-corrected chi connectivity index (χ0v) is 15.6. The average molecular weight is 402 g/mol. The number of nitrogens with zero attached hydrogens (tertiary/aromatic N) is 2. The molecule has 5 heterocycles. The van der Waals surface area contributed by atoms with E-state index in [1.165, 1.54) is 0 Å². The Morgan fingerprint density at radius 3 is 1.04 bits per heavy atom. The summed E-state index contributed by atoms with van der Waals surface area (Å²) in [4.78, 5) is 16.0. The van der Waals surface area contributed by atoms with Crippen molar-refractivity contribution in [3.8, 4) is 0 Å². The van der Waals surface area contributed by atoms with Crippen LogP contribution >= 0.6 is 12.4 Å². The number of rotatable bonds is 0. The molecule has 5 rings (SSSR count). The summed E-state index contributed by atoms with van der Waals surface area (Å²) >= 11 is 0. The Labute approximate surface area is 167 Å². The number of hydrogen-bond donors (Lipinski definition) is 2. The predicted molar refractivity (Wildman–Crippen MR) is 106 cm³/mol. The third-order valence-electron chi connectivity index (χ3n) is 4.04. The summed E-state index contributed by atoms with van der Waals surface area (Å²) in [5, 5.41) is 0. The Balaban J connectivity index is 0.000000980. The van der Waals surface area contributed by atoms with Gasteiger partial charge in [0.25, 0.3) is 0 Å². The molecule has 0 atom stereocenters. The van der Waals surface area contributed by atoms with Crippen LogP contribution in [-0.4, -0.2) is 19.9 Å². The van der Waals surface area contributed by atoms with Crippen molar-refractivity contribution in [3.63, 3.8) is 0 Å². The molecule has 2 N–H and O–H groups in total. The van der Waals surface area contributed by atoms with Gasteiger partial charge in [0, 0.05) is 39.1 Å². The van der Waals surface area contributed by atoms with Gasteiger partial charge in [-0.3, -0.25) is 0 Å². The minimum Gasteiger partial charge on any atom is -0.355 e. The molecule has 0 saturated heterocycles. The Hall–Kier alpha value is -2.59. The van der Waals surface area contributed by atoms with Crippen LogP contribution in [0.5, 0.6) is 0 Å². The van der Waals surface area contributed by atoms with Crippen molar-refractivity contribution in [3.05, 3.63) is 71.3 Å². The second-order valence-electron chi connectivity index (χ2n) is 5.91. The second kappa shape index (κ2) is 7.34. The van der Waals surface area contributed by atoms with Gasteiger partial charge in [0.05, 0.1) is 22.8 Å². The van der Waals surface area contributed by atoms with Crippen LogP contribution in [0.4, 0.5) is 0 Å². The Morgan fingerprint density at radius 2 is 0.769 bits per heavy atom. The van der Waals surface area contributed by atoms with Crippen molar-refractivity contribution in [2.75, 3.05) is 0 Å². The van der Waals surface area contributed by atoms with Gasteiger partial charge in [-0.25, -0.2) is 9.97 Å². The molecule has 2 aliphatic heterocycles. The van der Waals surface area contributed by atoms with Gasteiger partial charge in [0.15, 0.2) is 0 Å². The van der Waals surface area contributed by atoms with Gasteiger partial charge in [-0.2, -0.15) is 0 Å². The molecule has 0 fully saturated rings. The Kier molecular flexibility index (Phi) is 5.14. The molecular weight excluding hydrogens is 387 g/mol. The summed E-state index contributed by atoms with van der Waals surface area (Å²) in [6.07, 6.45) is 8.09. The molecular formula is C20H15ClMnN4. The number of aromatic nitrogens is 4. The first-order valence-electron chi connectivity index (χ1n) is 7.85. The molecule has 4 nitrogen and oxygen atoms in total. The average Bonchev–Trinajstić information content (AvgIpc) is 3.32. The molecule has 1 radical (unpaired) electrons. The van der Waals surface area contributed by atoms with Crippen molar-refractivity contribution < 1.29 is 17.1 Å². The first kappa shape index (κ1) is 18.2. The van der Waals surface area contributed by atoms with Crippen molar-refractivity contribution >= 4 is 58.8 Å². The molecule has 0 aromatic carbocycles. The number of fused-ring (bicyclic) bond motifs is 8. The van der Waals surface area contributed by atoms with E-state index in [0.29, 0.717) is 0 Å². The number of aromatic amines is 2. The predicted octanol–water partition coefficient (Wildman–Crippen LogP) is 5.07. The van der Waals surface area contributed by atoms with Crippen LogP contribution in [0.1, 0.15) is 22.8 Å². The summed E-state index contributed by atoms with van der Waals surface area (Å²) in [6.45, 7) is 0. The maximum Gasteiger partial charge on any atom is 0.0658 e. The van der Waals surface area contributed by atoms with Crippen LogP contribution in [-0.2, 0) is 17.1 Å². The molecule has 0 saturated carbocycles. The molecule has 0 aliphatic carbocycles. The van der Waals surface area contributed by atoms with Gasteiger partial charge in [0.2, 0.25) is 0 Å². The van der Waals surface area contributed by atoms with Gasteiger partial charge >= 0.3 is 0 Å². The minimum absolute atomic E-state index is 0. The zero-order valence-electron chi connectivity index (χ0n) is 13.6. The van der Waals surface area contributed by atoms with E-state index < -0.39 is 0 Å². The monoisotopic (exact) mass is 401 g/mol. The Bertz CT molecular complexity index is 996. The fourth-order valence-electron chi connectivity index (χ4n) is 2.94. The van der Waals surface area contributed by atoms with Crippen molar-refractivity contribution in [2.24, 2.45) is 0 Å². The number of nitrogens with one attached hydrogen (secondary N) is 2. The molecule has 3 aromatic rings. The van der Waals surface area contributed by atoms with Crippen molar-refractivity contribution in [1.82, 2.24) is 19.9 Å². The minimum atomic E-state index is 0. The van der Waals surface area contributed by atoms with Crippen molar-refractivity contribution in [2.45, 2.75) is 0 Å². The van der Waals surface area contributed by atoms with E-state index in [2.05, 4.69) is 44.2 Å². The Morgan fingerprint density at radius 1 is 0.500 bits per heavy atom. The molecule has 8 bridgehead atoms. The normalized spacial score (nSPS) is 11.7. The standard InChI is InChI=1S/C20H14N4.ClH.Mn/c1-2-14-10-16-5-6-18(23-16)12-20-8-7-19(24-20)11-17-4-3-15(22-17)9-13(1)21-14;;/h1-12,21,24H;1H;. The van der Waals surface area contributed by atoms with E-state index in [9.17, 15) is 0 Å². The summed E-state index contributed by atoms with van der Waals surface area (Å²) in [7, 11) is 0. The third kappa shape index (κ3) is 3.65. The van der Waals surface area contributed by atoms with Gasteiger partial charge < -0.3 is 9.97 Å². The molecule has 0 amide bonds. The topological polar surface area (TPSA) is 57.4 Å². The van der Waals surface area contributed by atoms with Gasteiger partial charge in [-0.05, 0) is 72.8 Å². The van der Waals surface area contributed by atoms with Crippen LogP contribution in [0.3, 0.4) is 0 Å². The van der Waals surface area contributed by atoms with Crippen LogP contribution < -0.4 is 0 Å². The quantitative estimate of drug-likeness (QED) is 0.356. The van der Waals surface area contributed by atoms with Crippen LogP contribution in [0.2, 0.25) is 0 Å². The van der Waals surface area contributed by atoms with Gasteiger partial charge in [-0.1, -0.05) is 0 Å². The van der Waals surface area contributed by atoms with Crippen LogP contribution in [0.25, 0.3) is 46.4 Å². The van der Waals surface area contributed by atoms with E-state index in [-0.39, 0.29) is 29.5 Å². The first-order valence-corrected chi connectivity index (χ1v) is 7.85. The third-order valence-corrected chi connectivity index (χ3v) is 4.04. The summed E-state index contributed by atoms with van der Waals surface area (Å²) in [5.74, 6) is 0. The fraction of sp³-hybridized carbons (Fsp3) is 0. The van der Waals surface area contributed by atoms with Gasteiger partial charge in [0.1, 0.15) is 0 Å². The molecule has 6 heteroatoms. The fourth-order valence-corrected chi connectivity index (χ4v) is 2.94. The molecule has 0 spiro atoms. The smallest absolute Gasteiger partial charge is 0.0658 e. The maximum absolute atomic E-state index is 4.63. The molecule has 3 aromatic heterocycles. The van der Waals surface area contributed by atoms with Crippen molar-refractivity contribution in [1.29, 1.82) is 0 Å². The SMILES string of the molecule is C1=Cc2cc3ccc(cc4nc(cc5ccc(cc1n2)[nH]5)C=C4)[nH]3.Cl.[Mn]. The number of H-pyrrole nitrogens is 2. The van der Waals surface area contributed by atoms with E-state index in [1.807, 2.05) is 48.6 Å². The second-order valence-corrected chi connectivity index (χ2v) is 5.91. The maximum atomic E-state index is 4.63. The molecule has 2 aliphatic rings. The van der Waals surface area contributed by atoms with E-state index >= 15 is 0 Å². The van der Waals surface area contributed by atoms with Crippen LogP contribution in [0.15, 0.2) is 48.5 Å².